The van der Waals surface area contributed by atoms with Gasteiger partial charge >= 0.3 is 0 Å². The van der Waals surface area contributed by atoms with Crippen LogP contribution in [0, 0.1) is 0 Å². The highest BCUT2D eigenvalue weighted by Crippen LogP contribution is 2.25. The highest BCUT2D eigenvalue weighted by atomic mass is 35.5. The summed E-state index contributed by atoms with van der Waals surface area (Å²) in [6.45, 7) is 1.17. The van der Waals surface area contributed by atoms with Crippen LogP contribution in [-0.4, -0.2) is 26.2 Å². The van der Waals surface area contributed by atoms with Gasteiger partial charge in [-0.2, -0.15) is 0 Å². The Balaban J connectivity index is 2.56. The van der Waals surface area contributed by atoms with Crippen LogP contribution in [0.2, 0.25) is 10.0 Å². The van der Waals surface area contributed by atoms with Gasteiger partial charge in [-0.25, -0.2) is 0 Å². The smallest absolute Gasteiger partial charge is 0.252 e. The van der Waals surface area contributed by atoms with E-state index in [0.29, 0.717) is 23.7 Å². The molecule has 0 fully saturated rings. The predicted molar refractivity (Wildman–Crippen MR) is 65.3 cm³/mol. The molecule has 16 heavy (non-hydrogen) atoms. The lowest BCUT2D eigenvalue weighted by atomic mass is 10.2. The lowest BCUT2D eigenvalue weighted by Gasteiger charge is -2.07. The van der Waals surface area contributed by atoms with Crippen LogP contribution in [0.4, 0.5) is 0 Å². The van der Waals surface area contributed by atoms with E-state index in [-0.39, 0.29) is 10.9 Å². The maximum absolute atomic E-state index is 11.7. The number of carbonyl (C=O) groups excluding carboxylic acids is 1. The molecule has 0 radical (unpaired) electrons. The summed E-state index contributed by atoms with van der Waals surface area (Å²) in [5.41, 5.74) is 0.395. The molecule has 0 saturated heterocycles. The highest BCUT2D eigenvalue weighted by molar-refractivity contribution is 6.43. The van der Waals surface area contributed by atoms with Crippen LogP contribution in [0.1, 0.15) is 16.8 Å². The Bertz CT molecular complexity index is 369. The summed E-state index contributed by atoms with van der Waals surface area (Å²) in [5, 5.41) is 3.41. The number of amides is 1. The van der Waals surface area contributed by atoms with Gasteiger partial charge in [-0.15, -0.1) is 0 Å². The zero-order valence-corrected chi connectivity index (χ0v) is 10.4. The van der Waals surface area contributed by atoms with Crippen LogP contribution in [0.3, 0.4) is 0 Å². The molecule has 0 unspecified atom stereocenters. The third kappa shape index (κ3) is 3.67. The summed E-state index contributed by atoms with van der Waals surface area (Å²) in [5.74, 6) is -0.219. The van der Waals surface area contributed by atoms with Crippen LogP contribution >= 0.6 is 23.2 Å². The number of methoxy groups -OCH3 is 1. The summed E-state index contributed by atoms with van der Waals surface area (Å²) in [4.78, 5) is 11.7. The molecular weight excluding hydrogens is 249 g/mol. The van der Waals surface area contributed by atoms with E-state index in [1.165, 1.54) is 0 Å². The van der Waals surface area contributed by atoms with Gasteiger partial charge in [0.05, 0.1) is 15.6 Å². The lowest BCUT2D eigenvalue weighted by molar-refractivity contribution is 0.0949. The van der Waals surface area contributed by atoms with Gasteiger partial charge in [0.2, 0.25) is 0 Å². The molecule has 0 aromatic heterocycles. The molecule has 88 valence electrons. The Morgan fingerprint density at radius 2 is 2.19 bits per heavy atom. The zero-order valence-electron chi connectivity index (χ0n) is 8.93. The first-order chi connectivity index (χ1) is 7.66. The number of ether oxygens (including phenoxy) is 1. The molecule has 3 nitrogen and oxygen atoms in total. The van der Waals surface area contributed by atoms with Crippen LogP contribution in [0.25, 0.3) is 0 Å². The van der Waals surface area contributed by atoms with Crippen molar-refractivity contribution in [1.82, 2.24) is 5.32 Å². The van der Waals surface area contributed by atoms with Crippen molar-refractivity contribution in [2.45, 2.75) is 6.42 Å². The standard InChI is InChI=1S/C11H13Cl2NO2/c1-16-7-3-6-14-11(15)8-4-2-5-9(12)10(8)13/h2,4-5H,3,6-7H2,1H3,(H,14,15). The topological polar surface area (TPSA) is 38.3 Å². The third-order valence-electron chi connectivity index (χ3n) is 2.01. The first-order valence-corrected chi connectivity index (χ1v) is 5.63. The molecule has 1 N–H and O–H groups in total. The molecule has 1 amide bonds. The number of benzene rings is 1. The van der Waals surface area contributed by atoms with E-state index in [1.807, 2.05) is 0 Å². The molecule has 0 atom stereocenters. The molecular formula is C11H13Cl2NO2. The summed E-state index contributed by atoms with van der Waals surface area (Å²) in [6, 6.07) is 4.98. The molecule has 0 aliphatic heterocycles. The first-order valence-electron chi connectivity index (χ1n) is 4.88. The van der Waals surface area contributed by atoms with Gasteiger partial charge in [-0.1, -0.05) is 29.3 Å². The fourth-order valence-electron chi connectivity index (χ4n) is 1.19. The van der Waals surface area contributed by atoms with Crippen LogP contribution in [0.5, 0.6) is 0 Å². The second-order valence-corrected chi connectivity index (χ2v) is 3.99. The van der Waals surface area contributed by atoms with Crippen molar-refractivity contribution in [3.05, 3.63) is 33.8 Å². The molecule has 1 aromatic rings. The first kappa shape index (κ1) is 13.3. The Morgan fingerprint density at radius 1 is 1.44 bits per heavy atom. The number of hydrogen-bond acceptors (Lipinski definition) is 2. The average molecular weight is 262 g/mol. The van der Waals surface area contributed by atoms with Gasteiger partial charge in [-0.05, 0) is 18.6 Å². The number of halogens is 2. The van der Waals surface area contributed by atoms with Crippen LogP contribution in [0.15, 0.2) is 18.2 Å². The van der Waals surface area contributed by atoms with E-state index >= 15 is 0 Å². The molecule has 0 saturated carbocycles. The second kappa shape index (κ2) is 6.74. The molecule has 5 heteroatoms. The maximum atomic E-state index is 11.7. The van der Waals surface area contributed by atoms with Gasteiger partial charge in [0.15, 0.2) is 0 Å². The van der Waals surface area contributed by atoms with Crippen LogP contribution in [-0.2, 0) is 4.74 Å². The summed E-state index contributed by atoms with van der Waals surface area (Å²) < 4.78 is 4.87. The average Bonchev–Trinajstić information content (AvgIpc) is 2.28. The van der Waals surface area contributed by atoms with Crippen molar-refractivity contribution in [3.8, 4) is 0 Å². The summed E-state index contributed by atoms with van der Waals surface area (Å²) in [6.07, 6.45) is 0.764. The molecule has 0 aliphatic rings. The van der Waals surface area contributed by atoms with Crippen molar-refractivity contribution >= 4 is 29.1 Å². The van der Waals surface area contributed by atoms with Gasteiger partial charge in [0, 0.05) is 20.3 Å². The Hall–Kier alpha value is -0.770. The fraction of sp³-hybridized carbons (Fsp3) is 0.364. The largest absolute Gasteiger partial charge is 0.385 e. The number of hydrogen-bond donors (Lipinski definition) is 1. The number of rotatable bonds is 5. The highest BCUT2D eigenvalue weighted by Gasteiger charge is 2.11. The van der Waals surface area contributed by atoms with E-state index in [0.717, 1.165) is 6.42 Å². The minimum Gasteiger partial charge on any atom is -0.385 e. The Kier molecular flexibility index (Phi) is 5.60. The van der Waals surface area contributed by atoms with E-state index < -0.39 is 0 Å². The van der Waals surface area contributed by atoms with Crippen LogP contribution < -0.4 is 5.32 Å². The van der Waals surface area contributed by atoms with Crippen molar-refractivity contribution < 1.29 is 9.53 Å². The Morgan fingerprint density at radius 3 is 2.88 bits per heavy atom. The molecule has 0 spiro atoms. The van der Waals surface area contributed by atoms with Gasteiger partial charge in [0.25, 0.3) is 5.91 Å². The SMILES string of the molecule is COCCCNC(=O)c1cccc(Cl)c1Cl. The summed E-state index contributed by atoms with van der Waals surface area (Å²) in [7, 11) is 1.62. The second-order valence-electron chi connectivity index (χ2n) is 3.20. The lowest BCUT2D eigenvalue weighted by Crippen LogP contribution is -2.25. The van der Waals surface area contributed by atoms with Crippen molar-refractivity contribution in [1.29, 1.82) is 0 Å². The molecule has 0 bridgehead atoms. The van der Waals surface area contributed by atoms with E-state index in [9.17, 15) is 4.79 Å². The van der Waals surface area contributed by atoms with Gasteiger partial charge in [0.1, 0.15) is 0 Å². The fourth-order valence-corrected chi connectivity index (χ4v) is 1.58. The zero-order chi connectivity index (χ0) is 12.0. The minimum atomic E-state index is -0.219. The maximum Gasteiger partial charge on any atom is 0.252 e. The minimum absolute atomic E-state index is 0.219. The Labute approximate surface area is 105 Å². The molecule has 0 aliphatic carbocycles. The number of carbonyl (C=O) groups is 1. The van der Waals surface area contributed by atoms with E-state index in [2.05, 4.69) is 5.32 Å². The number of nitrogens with one attached hydrogen (secondary N) is 1. The third-order valence-corrected chi connectivity index (χ3v) is 2.83. The van der Waals surface area contributed by atoms with Crippen molar-refractivity contribution in [3.63, 3.8) is 0 Å². The van der Waals surface area contributed by atoms with Gasteiger partial charge in [-0.3, -0.25) is 4.79 Å². The van der Waals surface area contributed by atoms with E-state index in [4.69, 9.17) is 27.9 Å². The van der Waals surface area contributed by atoms with Crippen molar-refractivity contribution in [2.24, 2.45) is 0 Å². The predicted octanol–water partition coefficient (Wildman–Crippen LogP) is 2.76. The summed E-state index contributed by atoms with van der Waals surface area (Å²) >= 11 is 11.7. The van der Waals surface area contributed by atoms with Gasteiger partial charge < -0.3 is 10.1 Å². The monoisotopic (exact) mass is 261 g/mol. The quantitative estimate of drug-likeness (QED) is 0.828. The normalized spacial score (nSPS) is 10.2. The molecule has 0 heterocycles. The molecule has 1 aromatic carbocycles. The van der Waals surface area contributed by atoms with Crippen molar-refractivity contribution in [2.75, 3.05) is 20.3 Å². The van der Waals surface area contributed by atoms with E-state index in [1.54, 1.807) is 25.3 Å². The molecule has 1 rings (SSSR count).